The Morgan fingerprint density at radius 1 is 0.700 bits per heavy atom. The average molecular weight is 326 g/mol. The molecule has 2 N–H and O–H groups in total. The minimum atomic E-state index is -4.91. The number of hydrogen-bond acceptors (Lipinski definition) is 4. The van der Waals surface area contributed by atoms with Crippen molar-refractivity contribution in [1.29, 1.82) is 0 Å². The third-order valence-corrected chi connectivity index (χ3v) is 8.24. The van der Waals surface area contributed by atoms with E-state index in [1.165, 1.54) is 0 Å². The summed E-state index contributed by atoms with van der Waals surface area (Å²) in [7, 11) is -9.28. The Hall–Kier alpha value is 0.300. The monoisotopic (exact) mass is 326 g/mol. The third-order valence-electron chi connectivity index (χ3n) is 3.99. The highest BCUT2D eigenvalue weighted by atomic mass is 32.1. The van der Waals surface area contributed by atoms with Crippen molar-refractivity contribution in [3.8, 4) is 0 Å². The molecule has 2 aliphatic carbocycles. The summed E-state index contributed by atoms with van der Waals surface area (Å²) in [5, 5.41) is 0. The maximum atomic E-state index is 12.6. The molecule has 2 rings (SSSR count). The van der Waals surface area contributed by atoms with Gasteiger partial charge in [0.15, 0.2) is 0 Å². The number of rotatable bonds is 5. The summed E-state index contributed by atoms with van der Waals surface area (Å²) in [6.45, 7) is 0. The second kappa shape index (κ2) is 7.04. The zero-order valence-corrected chi connectivity index (χ0v) is 13.4. The van der Waals surface area contributed by atoms with Gasteiger partial charge in [0.25, 0.3) is 0 Å². The highest BCUT2D eigenvalue weighted by molar-refractivity contribution is 8.26. The van der Waals surface area contributed by atoms with Crippen LogP contribution in [0.4, 0.5) is 0 Å². The fourth-order valence-electron chi connectivity index (χ4n) is 2.87. The molecule has 6 nitrogen and oxygen atoms in total. The summed E-state index contributed by atoms with van der Waals surface area (Å²) < 4.78 is 34.8. The molecule has 0 bridgehead atoms. The van der Waals surface area contributed by atoms with Gasteiger partial charge in [-0.2, -0.15) is 0 Å². The lowest BCUT2D eigenvalue weighted by Gasteiger charge is -2.31. The Kier molecular flexibility index (Phi) is 5.87. The van der Waals surface area contributed by atoms with E-state index in [0.29, 0.717) is 25.7 Å². The minimum Gasteiger partial charge on any atom is -0.316 e. The van der Waals surface area contributed by atoms with Crippen molar-refractivity contribution in [3.05, 3.63) is 0 Å². The molecule has 0 aromatic carbocycles. The van der Waals surface area contributed by atoms with Crippen LogP contribution < -0.4 is 0 Å². The van der Waals surface area contributed by atoms with Crippen LogP contribution in [0.2, 0.25) is 0 Å². The van der Waals surface area contributed by atoms with Gasteiger partial charge in [0, 0.05) is 0 Å². The van der Waals surface area contributed by atoms with Gasteiger partial charge < -0.3 is 9.79 Å². The quantitative estimate of drug-likeness (QED) is 0.743. The van der Waals surface area contributed by atoms with Crippen molar-refractivity contribution in [3.63, 3.8) is 0 Å². The molecule has 0 aliphatic heterocycles. The van der Waals surface area contributed by atoms with Crippen molar-refractivity contribution < 1.29 is 28.0 Å². The highest BCUT2D eigenvalue weighted by Crippen LogP contribution is 2.79. The average Bonchev–Trinajstić information content (AvgIpc) is 2.39. The Morgan fingerprint density at radius 2 is 1.05 bits per heavy atom. The lowest BCUT2D eigenvalue weighted by Crippen LogP contribution is -2.20. The van der Waals surface area contributed by atoms with Crippen LogP contribution in [0.5, 0.6) is 0 Å². The van der Waals surface area contributed by atoms with E-state index in [9.17, 15) is 18.9 Å². The van der Waals surface area contributed by atoms with Gasteiger partial charge in [0.2, 0.25) is 0 Å². The van der Waals surface area contributed by atoms with E-state index in [1.54, 1.807) is 0 Å². The molecule has 0 saturated heterocycles. The molecular weight excluding hydrogens is 302 g/mol. The normalized spacial score (nSPS) is 23.9. The van der Waals surface area contributed by atoms with E-state index in [-0.39, 0.29) is 12.2 Å². The van der Waals surface area contributed by atoms with Crippen LogP contribution in [0.15, 0.2) is 0 Å². The largest absolute Gasteiger partial charge is 0.441 e. The van der Waals surface area contributed by atoms with Crippen LogP contribution in [-0.2, 0) is 18.2 Å². The first-order valence-electron chi connectivity index (χ1n) is 7.43. The standard InChI is InChI=1S/C12H24O6P2/c13-19(14,15)20(16,17-11-7-3-1-4-8-11)18-12-9-5-2-6-10-12/h11-12H,1-10H2,(H2,13,14,15). The van der Waals surface area contributed by atoms with E-state index >= 15 is 0 Å². The van der Waals surface area contributed by atoms with Gasteiger partial charge in [-0.25, -0.2) is 9.13 Å². The van der Waals surface area contributed by atoms with E-state index in [0.717, 1.165) is 38.5 Å². The topological polar surface area (TPSA) is 93.1 Å². The van der Waals surface area contributed by atoms with Gasteiger partial charge in [-0.15, -0.1) is 0 Å². The molecule has 0 aromatic heterocycles. The van der Waals surface area contributed by atoms with Crippen LogP contribution in [0, 0.1) is 0 Å². The van der Waals surface area contributed by atoms with Crippen molar-refractivity contribution in [2.75, 3.05) is 0 Å². The summed E-state index contributed by atoms with van der Waals surface area (Å²) in [5.41, 5.74) is 0. The fourth-order valence-corrected chi connectivity index (χ4v) is 5.87. The van der Waals surface area contributed by atoms with Crippen LogP contribution in [-0.4, -0.2) is 22.0 Å². The molecule has 2 fully saturated rings. The van der Waals surface area contributed by atoms with E-state index in [2.05, 4.69) is 0 Å². The van der Waals surface area contributed by atoms with Gasteiger partial charge in [0.1, 0.15) is 0 Å². The molecule has 0 heterocycles. The summed E-state index contributed by atoms with van der Waals surface area (Å²) in [4.78, 5) is 18.8. The SMILES string of the molecule is O=P(O)(O)P(=O)(OC1CCCCC1)OC1CCCCC1. The van der Waals surface area contributed by atoms with Gasteiger partial charge in [-0.1, -0.05) is 38.5 Å². The van der Waals surface area contributed by atoms with E-state index in [4.69, 9.17) is 9.05 Å². The van der Waals surface area contributed by atoms with E-state index < -0.39 is 14.6 Å². The summed E-state index contributed by atoms with van der Waals surface area (Å²) in [6, 6.07) is 0. The molecule has 118 valence electrons. The second-order valence-electron chi connectivity index (χ2n) is 5.71. The molecule has 0 atom stereocenters. The predicted octanol–water partition coefficient (Wildman–Crippen LogP) is 3.97. The summed E-state index contributed by atoms with van der Waals surface area (Å²) in [5.74, 6) is 0. The molecule has 0 radical (unpaired) electrons. The molecule has 2 aliphatic rings. The second-order valence-corrected chi connectivity index (χ2v) is 11.1. The Labute approximate surface area is 119 Å². The molecule has 0 aromatic rings. The predicted molar refractivity (Wildman–Crippen MR) is 75.6 cm³/mol. The van der Waals surface area contributed by atoms with Crippen LogP contribution >= 0.6 is 14.6 Å². The van der Waals surface area contributed by atoms with Crippen molar-refractivity contribution in [2.45, 2.75) is 76.4 Å². The smallest absolute Gasteiger partial charge is 0.316 e. The van der Waals surface area contributed by atoms with Gasteiger partial charge in [-0.3, -0.25) is 9.05 Å². The first-order valence-corrected chi connectivity index (χ1v) is 11.3. The van der Waals surface area contributed by atoms with E-state index in [1.807, 2.05) is 0 Å². The Bertz CT molecular complexity index is 371. The van der Waals surface area contributed by atoms with Gasteiger partial charge in [0.05, 0.1) is 12.2 Å². The molecule has 8 heteroatoms. The highest BCUT2D eigenvalue weighted by Gasteiger charge is 2.49. The molecule has 0 unspecified atom stereocenters. The Morgan fingerprint density at radius 3 is 1.35 bits per heavy atom. The first kappa shape index (κ1) is 16.7. The molecular formula is C12H24O6P2. The van der Waals surface area contributed by atoms with Crippen molar-refractivity contribution in [2.24, 2.45) is 0 Å². The van der Waals surface area contributed by atoms with Crippen LogP contribution in [0.3, 0.4) is 0 Å². The van der Waals surface area contributed by atoms with Crippen LogP contribution in [0.25, 0.3) is 0 Å². The molecule has 2 saturated carbocycles. The Balaban J connectivity index is 2.04. The van der Waals surface area contributed by atoms with Crippen molar-refractivity contribution >= 4 is 14.6 Å². The van der Waals surface area contributed by atoms with Gasteiger partial charge >= 0.3 is 14.6 Å². The molecule has 0 spiro atoms. The zero-order chi connectivity index (χ0) is 14.6. The zero-order valence-electron chi connectivity index (χ0n) is 11.6. The minimum absolute atomic E-state index is 0.356. The lowest BCUT2D eigenvalue weighted by atomic mass is 9.98. The number of hydrogen-bond donors (Lipinski definition) is 2. The van der Waals surface area contributed by atoms with Gasteiger partial charge in [-0.05, 0) is 25.7 Å². The first-order chi connectivity index (χ1) is 9.41. The summed E-state index contributed by atoms with van der Waals surface area (Å²) in [6.07, 6.45) is 7.99. The molecule has 20 heavy (non-hydrogen) atoms. The third kappa shape index (κ3) is 4.40. The maximum Gasteiger partial charge on any atom is 0.441 e. The summed E-state index contributed by atoms with van der Waals surface area (Å²) >= 11 is 0. The molecule has 0 amide bonds. The van der Waals surface area contributed by atoms with Crippen molar-refractivity contribution in [1.82, 2.24) is 0 Å². The lowest BCUT2D eigenvalue weighted by molar-refractivity contribution is 0.0837. The maximum absolute atomic E-state index is 12.6. The fraction of sp³-hybridized carbons (Fsp3) is 1.00. The van der Waals surface area contributed by atoms with Crippen LogP contribution in [0.1, 0.15) is 64.2 Å².